The second-order valence-electron chi connectivity index (χ2n) is 7.53. The van der Waals surface area contributed by atoms with E-state index < -0.39 is 0 Å². The molecule has 19 heavy (non-hydrogen) atoms. The average Bonchev–Trinajstić information content (AvgIpc) is 2.32. The van der Waals surface area contributed by atoms with Crippen LogP contribution in [0.3, 0.4) is 0 Å². The number of hydrogen-bond acceptors (Lipinski definition) is 2. The molecule has 0 atom stereocenters. The number of nitrogens with zero attached hydrogens (tertiary/aromatic N) is 1. The van der Waals surface area contributed by atoms with Crippen LogP contribution in [-0.2, 0) is 0 Å². The molecule has 1 N–H and O–H groups in total. The number of rotatable bonds is 9. The summed E-state index contributed by atoms with van der Waals surface area (Å²) in [6.07, 6.45) is 2.50. The molecule has 0 unspecified atom stereocenters. The molecule has 0 fully saturated rings. The molecule has 0 aromatic rings. The molecule has 0 aliphatic rings. The first-order valence-electron chi connectivity index (χ1n) is 8.15. The van der Waals surface area contributed by atoms with Crippen LogP contribution in [-0.4, -0.2) is 36.6 Å². The zero-order valence-electron chi connectivity index (χ0n) is 14.8. The standard InChI is InChI=1S/C17H38N2/c1-9-17(10-2,13-18-16(6,7)8)14-19(11-3)12-15(4)5/h15,18H,9-14H2,1-8H3. The van der Waals surface area contributed by atoms with Crippen LogP contribution in [0.4, 0.5) is 0 Å². The Labute approximate surface area is 122 Å². The van der Waals surface area contributed by atoms with Crippen molar-refractivity contribution in [2.45, 2.75) is 73.8 Å². The SMILES string of the molecule is CCN(CC(C)C)CC(CC)(CC)CNC(C)(C)C. The van der Waals surface area contributed by atoms with Crippen molar-refractivity contribution in [3.8, 4) is 0 Å². The summed E-state index contributed by atoms with van der Waals surface area (Å²) in [4.78, 5) is 2.63. The predicted molar refractivity (Wildman–Crippen MR) is 87.7 cm³/mol. The van der Waals surface area contributed by atoms with Gasteiger partial charge >= 0.3 is 0 Å². The van der Waals surface area contributed by atoms with Crippen molar-refractivity contribution in [1.29, 1.82) is 0 Å². The Bertz CT molecular complexity index is 224. The third-order valence-electron chi connectivity index (χ3n) is 4.12. The lowest BCUT2D eigenvalue weighted by molar-refractivity contribution is 0.120. The minimum atomic E-state index is 0.213. The monoisotopic (exact) mass is 270 g/mol. The van der Waals surface area contributed by atoms with Gasteiger partial charge in [0.05, 0.1) is 0 Å². The summed E-state index contributed by atoms with van der Waals surface area (Å²) in [6, 6.07) is 0. The fraction of sp³-hybridized carbons (Fsp3) is 1.00. The highest BCUT2D eigenvalue weighted by molar-refractivity contribution is 4.86. The Morgan fingerprint density at radius 1 is 1.00 bits per heavy atom. The Balaban J connectivity index is 4.67. The van der Waals surface area contributed by atoms with E-state index in [2.05, 4.69) is 65.6 Å². The van der Waals surface area contributed by atoms with Crippen molar-refractivity contribution < 1.29 is 0 Å². The van der Waals surface area contributed by atoms with Gasteiger partial charge in [-0.2, -0.15) is 0 Å². The van der Waals surface area contributed by atoms with E-state index in [0.29, 0.717) is 5.41 Å². The van der Waals surface area contributed by atoms with E-state index in [1.807, 2.05) is 0 Å². The molecule has 0 aromatic carbocycles. The van der Waals surface area contributed by atoms with Gasteiger partial charge in [0.25, 0.3) is 0 Å². The van der Waals surface area contributed by atoms with E-state index in [4.69, 9.17) is 0 Å². The molecule has 0 bridgehead atoms. The van der Waals surface area contributed by atoms with Gasteiger partial charge < -0.3 is 10.2 Å². The normalized spacial score (nSPS) is 13.6. The highest BCUT2D eigenvalue weighted by atomic mass is 15.1. The van der Waals surface area contributed by atoms with Crippen LogP contribution < -0.4 is 5.32 Å². The summed E-state index contributed by atoms with van der Waals surface area (Å²) in [5.74, 6) is 0.752. The molecular weight excluding hydrogens is 232 g/mol. The van der Waals surface area contributed by atoms with Gasteiger partial charge in [-0.1, -0.05) is 34.6 Å². The summed E-state index contributed by atoms with van der Waals surface area (Å²) in [6.45, 7) is 23.1. The van der Waals surface area contributed by atoms with Crippen LogP contribution in [0.2, 0.25) is 0 Å². The molecule has 116 valence electrons. The van der Waals surface area contributed by atoms with E-state index in [0.717, 1.165) is 19.0 Å². The van der Waals surface area contributed by atoms with E-state index in [-0.39, 0.29) is 5.54 Å². The molecule has 0 radical (unpaired) electrons. The third-order valence-corrected chi connectivity index (χ3v) is 4.12. The molecule has 0 rings (SSSR count). The molecule has 0 saturated carbocycles. The van der Waals surface area contributed by atoms with Gasteiger partial charge in [-0.05, 0) is 51.5 Å². The van der Waals surface area contributed by atoms with Crippen LogP contribution in [0.1, 0.15) is 68.2 Å². The van der Waals surface area contributed by atoms with Gasteiger partial charge in [0, 0.05) is 25.2 Å². The van der Waals surface area contributed by atoms with Crippen LogP contribution in [0.25, 0.3) is 0 Å². The number of hydrogen-bond donors (Lipinski definition) is 1. The van der Waals surface area contributed by atoms with Crippen molar-refractivity contribution in [2.75, 3.05) is 26.2 Å². The van der Waals surface area contributed by atoms with Gasteiger partial charge in [0.15, 0.2) is 0 Å². The summed E-state index contributed by atoms with van der Waals surface area (Å²) in [5, 5.41) is 3.72. The Kier molecular flexibility index (Phi) is 8.23. The Morgan fingerprint density at radius 2 is 1.53 bits per heavy atom. The quantitative estimate of drug-likeness (QED) is 0.677. The van der Waals surface area contributed by atoms with Gasteiger partial charge in [-0.3, -0.25) is 0 Å². The molecule has 2 nitrogen and oxygen atoms in total. The van der Waals surface area contributed by atoms with Gasteiger partial charge in [-0.25, -0.2) is 0 Å². The first-order chi connectivity index (χ1) is 8.68. The van der Waals surface area contributed by atoms with Gasteiger partial charge in [0.2, 0.25) is 0 Å². The lowest BCUT2D eigenvalue weighted by Gasteiger charge is -2.39. The maximum Gasteiger partial charge on any atom is 0.00967 e. The largest absolute Gasteiger partial charge is 0.311 e. The average molecular weight is 271 g/mol. The van der Waals surface area contributed by atoms with E-state index >= 15 is 0 Å². The third kappa shape index (κ3) is 7.94. The fourth-order valence-electron chi connectivity index (χ4n) is 2.53. The maximum absolute atomic E-state index is 3.72. The van der Waals surface area contributed by atoms with Crippen molar-refractivity contribution in [3.63, 3.8) is 0 Å². The van der Waals surface area contributed by atoms with Gasteiger partial charge in [0.1, 0.15) is 0 Å². The minimum absolute atomic E-state index is 0.213. The van der Waals surface area contributed by atoms with Crippen LogP contribution in [0, 0.1) is 11.3 Å². The molecule has 0 amide bonds. The van der Waals surface area contributed by atoms with Crippen LogP contribution >= 0.6 is 0 Å². The first kappa shape index (κ1) is 18.9. The van der Waals surface area contributed by atoms with Crippen LogP contribution in [0.15, 0.2) is 0 Å². The molecule has 0 aliphatic heterocycles. The summed E-state index contributed by atoms with van der Waals surface area (Å²) < 4.78 is 0. The molecule has 0 aliphatic carbocycles. The molecule has 0 spiro atoms. The highest BCUT2D eigenvalue weighted by Gasteiger charge is 2.29. The zero-order chi connectivity index (χ0) is 15.1. The molecular formula is C17H38N2. The topological polar surface area (TPSA) is 15.3 Å². The van der Waals surface area contributed by atoms with Crippen LogP contribution in [0.5, 0.6) is 0 Å². The lowest BCUT2D eigenvalue weighted by Crippen LogP contribution is -2.49. The van der Waals surface area contributed by atoms with Crippen molar-refractivity contribution in [2.24, 2.45) is 11.3 Å². The summed E-state index contributed by atoms with van der Waals surface area (Å²) in [5.41, 5.74) is 0.628. The molecule has 2 heteroatoms. The fourth-order valence-corrected chi connectivity index (χ4v) is 2.53. The first-order valence-corrected chi connectivity index (χ1v) is 8.15. The minimum Gasteiger partial charge on any atom is -0.311 e. The maximum atomic E-state index is 3.72. The highest BCUT2D eigenvalue weighted by Crippen LogP contribution is 2.28. The zero-order valence-corrected chi connectivity index (χ0v) is 14.8. The second kappa shape index (κ2) is 8.26. The van der Waals surface area contributed by atoms with E-state index in [1.165, 1.54) is 25.9 Å². The molecule has 0 aromatic heterocycles. The predicted octanol–water partition coefficient (Wildman–Crippen LogP) is 4.16. The van der Waals surface area contributed by atoms with E-state index in [9.17, 15) is 0 Å². The van der Waals surface area contributed by atoms with E-state index in [1.54, 1.807) is 0 Å². The second-order valence-corrected chi connectivity index (χ2v) is 7.53. The van der Waals surface area contributed by atoms with Gasteiger partial charge in [-0.15, -0.1) is 0 Å². The lowest BCUT2D eigenvalue weighted by atomic mass is 9.80. The Morgan fingerprint density at radius 3 is 1.84 bits per heavy atom. The smallest absolute Gasteiger partial charge is 0.00967 e. The molecule has 0 saturated heterocycles. The summed E-state index contributed by atoms with van der Waals surface area (Å²) in [7, 11) is 0. The van der Waals surface area contributed by atoms with Crippen molar-refractivity contribution >= 4 is 0 Å². The van der Waals surface area contributed by atoms with Crippen molar-refractivity contribution in [1.82, 2.24) is 10.2 Å². The summed E-state index contributed by atoms with van der Waals surface area (Å²) >= 11 is 0. The molecule has 0 heterocycles. The number of nitrogens with one attached hydrogen (secondary N) is 1. The van der Waals surface area contributed by atoms with Crippen molar-refractivity contribution in [3.05, 3.63) is 0 Å². The Hall–Kier alpha value is -0.0800.